The SMILES string of the molecule is CCCCCC/C=C\C/C=C\CCCCCCCC(=O)OCCCCCCCCCCCCCCCCCCCCC(=O)NC(CO)C(O)CCCCCCCCCCCCCCCCCCCCCCCCCC. The quantitative estimate of drug-likeness (QED) is 0.0320. The van der Waals surface area contributed by atoms with Crippen LogP contribution in [0.1, 0.15) is 380 Å². The first kappa shape index (κ1) is 73.3. The van der Waals surface area contributed by atoms with Crippen LogP contribution >= 0.6 is 0 Å². The van der Waals surface area contributed by atoms with Crippen LogP contribution in [0.4, 0.5) is 0 Å². The van der Waals surface area contributed by atoms with Crippen molar-refractivity contribution in [3.8, 4) is 0 Å². The Morgan fingerprint density at radius 2 is 0.667 bits per heavy atom. The second-order valence-electron chi connectivity index (χ2n) is 23.5. The fourth-order valence-electron chi connectivity index (χ4n) is 10.8. The molecule has 0 aliphatic carbocycles. The molecule has 0 radical (unpaired) electrons. The van der Waals surface area contributed by atoms with Gasteiger partial charge in [-0.05, 0) is 57.8 Å². The number of nitrogens with one attached hydrogen (secondary N) is 1. The lowest BCUT2D eigenvalue weighted by molar-refractivity contribution is -0.143. The van der Waals surface area contributed by atoms with Crippen molar-refractivity contribution in [2.45, 2.75) is 392 Å². The van der Waals surface area contributed by atoms with Crippen LogP contribution in [-0.2, 0) is 14.3 Å². The lowest BCUT2D eigenvalue weighted by atomic mass is 10.0. The summed E-state index contributed by atoms with van der Waals surface area (Å²) in [5.41, 5.74) is 0. The van der Waals surface area contributed by atoms with E-state index in [1.54, 1.807) is 0 Å². The first-order valence-corrected chi connectivity index (χ1v) is 34.1. The summed E-state index contributed by atoms with van der Waals surface area (Å²) in [5.74, 6) is -0.0399. The van der Waals surface area contributed by atoms with Gasteiger partial charge in [-0.2, -0.15) is 0 Å². The van der Waals surface area contributed by atoms with Crippen LogP contribution in [-0.4, -0.2) is 47.4 Å². The maximum Gasteiger partial charge on any atom is 0.305 e. The highest BCUT2D eigenvalue weighted by Gasteiger charge is 2.20. The molecule has 3 N–H and O–H groups in total. The van der Waals surface area contributed by atoms with Gasteiger partial charge in [0.25, 0.3) is 0 Å². The highest BCUT2D eigenvalue weighted by molar-refractivity contribution is 5.76. The molecule has 75 heavy (non-hydrogen) atoms. The minimum atomic E-state index is -0.669. The second kappa shape index (κ2) is 64.9. The van der Waals surface area contributed by atoms with Crippen molar-refractivity contribution in [3.05, 3.63) is 24.3 Å². The Bertz CT molecular complexity index is 1170. The normalized spacial score (nSPS) is 12.6. The number of rotatable bonds is 64. The summed E-state index contributed by atoms with van der Waals surface area (Å²) >= 11 is 0. The van der Waals surface area contributed by atoms with Gasteiger partial charge in [-0.1, -0.05) is 334 Å². The highest BCUT2D eigenvalue weighted by Crippen LogP contribution is 2.19. The number of ether oxygens (including phenoxy) is 1. The van der Waals surface area contributed by atoms with Gasteiger partial charge in [-0.15, -0.1) is 0 Å². The van der Waals surface area contributed by atoms with Crippen LogP contribution < -0.4 is 5.32 Å². The average molecular weight is 1060 g/mol. The average Bonchev–Trinajstić information content (AvgIpc) is 3.41. The van der Waals surface area contributed by atoms with Gasteiger partial charge in [-0.3, -0.25) is 9.59 Å². The Kier molecular flexibility index (Phi) is 63.4. The molecule has 0 saturated heterocycles. The monoisotopic (exact) mass is 1060 g/mol. The molecule has 0 aliphatic heterocycles. The summed E-state index contributed by atoms with van der Waals surface area (Å²) in [6, 6.07) is -0.546. The van der Waals surface area contributed by atoms with Crippen LogP contribution in [0.3, 0.4) is 0 Å². The van der Waals surface area contributed by atoms with E-state index in [2.05, 4.69) is 43.5 Å². The number of aliphatic hydroxyl groups is 2. The summed E-state index contributed by atoms with van der Waals surface area (Å²) in [6.07, 6.45) is 80.6. The zero-order chi connectivity index (χ0) is 54.3. The van der Waals surface area contributed by atoms with Crippen molar-refractivity contribution in [1.82, 2.24) is 5.32 Å². The van der Waals surface area contributed by atoms with E-state index in [-0.39, 0.29) is 18.5 Å². The fourth-order valence-corrected chi connectivity index (χ4v) is 10.8. The van der Waals surface area contributed by atoms with E-state index >= 15 is 0 Å². The zero-order valence-corrected chi connectivity index (χ0v) is 50.8. The number of amides is 1. The van der Waals surface area contributed by atoms with Crippen molar-refractivity contribution in [1.29, 1.82) is 0 Å². The Labute approximate surface area is 469 Å². The van der Waals surface area contributed by atoms with E-state index in [4.69, 9.17) is 4.74 Å². The van der Waals surface area contributed by atoms with Gasteiger partial charge in [0.2, 0.25) is 5.91 Å². The summed E-state index contributed by atoms with van der Waals surface area (Å²) in [6.45, 7) is 4.96. The van der Waals surface area contributed by atoms with Crippen LogP contribution in [0, 0.1) is 0 Å². The van der Waals surface area contributed by atoms with Crippen molar-refractivity contribution < 1.29 is 24.5 Å². The molecule has 0 aromatic carbocycles. The van der Waals surface area contributed by atoms with Crippen molar-refractivity contribution in [2.75, 3.05) is 13.2 Å². The number of carbonyl (C=O) groups excluding carboxylic acids is 2. The third kappa shape index (κ3) is 61.4. The Morgan fingerprint density at radius 3 is 1.03 bits per heavy atom. The molecular formula is C69H133NO5. The molecule has 444 valence electrons. The van der Waals surface area contributed by atoms with Crippen molar-refractivity contribution in [2.24, 2.45) is 0 Å². The smallest absolute Gasteiger partial charge is 0.305 e. The third-order valence-electron chi connectivity index (χ3n) is 16.0. The Morgan fingerprint density at radius 1 is 0.373 bits per heavy atom. The summed E-state index contributed by atoms with van der Waals surface area (Å²) in [7, 11) is 0. The molecule has 6 nitrogen and oxygen atoms in total. The second-order valence-corrected chi connectivity index (χ2v) is 23.5. The molecule has 0 aromatic rings. The maximum atomic E-state index is 12.5. The van der Waals surface area contributed by atoms with E-state index in [1.807, 2.05) is 0 Å². The van der Waals surface area contributed by atoms with Gasteiger partial charge in [0.1, 0.15) is 0 Å². The predicted octanol–water partition coefficient (Wildman–Crippen LogP) is 21.8. The number of allylic oxidation sites excluding steroid dienone is 4. The van der Waals surface area contributed by atoms with E-state index in [0.29, 0.717) is 25.9 Å². The van der Waals surface area contributed by atoms with Crippen molar-refractivity contribution >= 4 is 11.9 Å². The number of aliphatic hydroxyl groups excluding tert-OH is 2. The summed E-state index contributed by atoms with van der Waals surface area (Å²) in [4.78, 5) is 24.6. The molecule has 0 aliphatic rings. The number of carbonyl (C=O) groups is 2. The van der Waals surface area contributed by atoms with E-state index in [9.17, 15) is 19.8 Å². The Balaban J connectivity index is 3.41. The van der Waals surface area contributed by atoms with Gasteiger partial charge < -0.3 is 20.3 Å². The third-order valence-corrected chi connectivity index (χ3v) is 16.0. The molecule has 0 heterocycles. The highest BCUT2D eigenvalue weighted by atomic mass is 16.5. The summed E-state index contributed by atoms with van der Waals surface area (Å²) < 4.78 is 5.48. The predicted molar refractivity (Wildman–Crippen MR) is 329 cm³/mol. The van der Waals surface area contributed by atoms with E-state index < -0.39 is 12.1 Å². The standard InChI is InChI=1S/C69H133NO5/c1-3-5-7-9-11-13-15-17-19-21-22-23-24-25-26-27-30-33-37-41-45-49-53-57-61-67(72)66(65-71)70-68(73)62-58-54-50-46-42-38-34-31-28-29-32-36-40-44-48-52-56-60-64-75-69(74)63-59-55-51-47-43-39-35-20-18-16-14-12-10-8-6-4-2/h14,16,20,35,66-67,71-72H,3-13,15,17-19,21-34,36-65H2,1-2H3,(H,70,73)/b16-14-,35-20-. The maximum absolute atomic E-state index is 12.5. The molecular weight excluding hydrogens is 923 g/mol. The molecule has 2 unspecified atom stereocenters. The van der Waals surface area contributed by atoms with Gasteiger partial charge in [0.05, 0.1) is 25.4 Å². The number of hydrogen-bond acceptors (Lipinski definition) is 5. The minimum Gasteiger partial charge on any atom is -0.466 e. The van der Waals surface area contributed by atoms with Crippen LogP contribution in [0.15, 0.2) is 24.3 Å². The first-order valence-electron chi connectivity index (χ1n) is 34.1. The molecule has 0 bridgehead atoms. The summed E-state index contributed by atoms with van der Waals surface area (Å²) in [5, 5.41) is 23.4. The number of esters is 1. The molecule has 2 atom stereocenters. The van der Waals surface area contributed by atoms with Crippen LogP contribution in [0.5, 0.6) is 0 Å². The number of hydrogen-bond donors (Lipinski definition) is 3. The molecule has 0 aromatic heterocycles. The minimum absolute atomic E-state index is 0.00502. The lowest BCUT2D eigenvalue weighted by Crippen LogP contribution is -2.45. The van der Waals surface area contributed by atoms with Gasteiger partial charge in [0, 0.05) is 12.8 Å². The van der Waals surface area contributed by atoms with Crippen molar-refractivity contribution in [3.63, 3.8) is 0 Å². The van der Waals surface area contributed by atoms with E-state index in [0.717, 1.165) is 51.4 Å². The largest absolute Gasteiger partial charge is 0.466 e. The zero-order valence-electron chi connectivity index (χ0n) is 50.8. The van der Waals surface area contributed by atoms with Crippen LogP contribution in [0.25, 0.3) is 0 Å². The fraction of sp³-hybridized carbons (Fsp3) is 0.913. The molecule has 6 heteroatoms. The Hall–Kier alpha value is -1.66. The molecule has 0 spiro atoms. The van der Waals surface area contributed by atoms with E-state index in [1.165, 1.54) is 295 Å². The molecule has 0 rings (SSSR count). The molecule has 0 fully saturated rings. The molecule has 0 saturated carbocycles. The van der Waals surface area contributed by atoms with Crippen LogP contribution in [0.2, 0.25) is 0 Å². The van der Waals surface area contributed by atoms with Gasteiger partial charge in [-0.25, -0.2) is 0 Å². The lowest BCUT2D eigenvalue weighted by Gasteiger charge is -2.22. The first-order chi connectivity index (χ1) is 37.0. The van der Waals surface area contributed by atoms with Gasteiger partial charge >= 0.3 is 5.97 Å². The molecule has 1 amide bonds. The topological polar surface area (TPSA) is 95.9 Å². The van der Waals surface area contributed by atoms with Gasteiger partial charge in [0.15, 0.2) is 0 Å². The number of unbranched alkanes of at least 4 members (excludes halogenated alkanes) is 49.